The van der Waals surface area contributed by atoms with Crippen LogP contribution in [0.3, 0.4) is 0 Å². The Bertz CT molecular complexity index is 1670. The van der Waals surface area contributed by atoms with Gasteiger partial charge in [0.2, 0.25) is 0 Å². The monoisotopic (exact) mass is 785 g/mol. The fraction of sp³-hybridized carbons (Fsp3) is 0.429. The molecule has 3 aromatic rings. The van der Waals surface area contributed by atoms with Crippen LogP contribution >= 0.6 is 19.4 Å². The maximum atomic E-state index is 9.75. The minimum atomic E-state index is -6.00. The Balaban J connectivity index is 0.00000111. The van der Waals surface area contributed by atoms with Gasteiger partial charge in [-0.2, -0.15) is 0 Å². The summed E-state index contributed by atoms with van der Waals surface area (Å²) < 4.78 is 49.2. The molecular weight excluding hydrogens is 737 g/mol. The summed E-state index contributed by atoms with van der Waals surface area (Å²) in [5, 5.41) is 0. The van der Waals surface area contributed by atoms with Crippen LogP contribution in [0.4, 0.5) is 28.6 Å². The molecule has 266 valence electrons. The van der Waals surface area contributed by atoms with Crippen molar-refractivity contribution in [3.63, 3.8) is 0 Å². The molecule has 1 aliphatic heterocycles. The van der Waals surface area contributed by atoms with Crippen molar-refractivity contribution in [1.29, 1.82) is 0 Å². The molecule has 1 unspecified atom stereocenters. The van der Waals surface area contributed by atoms with Crippen LogP contribution in [0.25, 0.3) is 0 Å². The van der Waals surface area contributed by atoms with Gasteiger partial charge in [-0.3, -0.25) is 0 Å². The molecule has 0 radical (unpaired) electrons. The average Bonchev–Trinajstić information content (AvgIpc) is 3.20. The Morgan fingerprint density at radius 1 is 0.851 bits per heavy atom. The maximum absolute atomic E-state index is 9.75. The minimum Gasteiger partial charge on any atom is -0.418 e. The van der Waals surface area contributed by atoms with E-state index in [1.165, 1.54) is 44.8 Å². The number of hydrogen-bond donors (Lipinski definition) is 0. The predicted molar refractivity (Wildman–Crippen MR) is 192 cm³/mol. The van der Waals surface area contributed by atoms with Crippen LogP contribution in [0.15, 0.2) is 48.5 Å². The first-order chi connectivity index (χ1) is 21.5. The van der Waals surface area contributed by atoms with Gasteiger partial charge in [-0.1, -0.05) is 0 Å². The molecular formula is C35H48BCl2F4N3ORu-4. The van der Waals surface area contributed by atoms with E-state index in [-0.39, 0.29) is 12.1 Å². The molecule has 1 atom stereocenters. The first kappa shape index (κ1) is 39.2. The first-order valence-corrected chi connectivity index (χ1v) is 21.8. The maximum Gasteiger partial charge on any atom is 0.673 e. The van der Waals surface area contributed by atoms with Gasteiger partial charge in [0.15, 0.2) is 0 Å². The summed E-state index contributed by atoms with van der Waals surface area (Å²) in [4.78, 5) is 4.97. The number of benzene rings is 3. The van der Waals surface area contributed by atoms with Gasteiger partial charge in [0.25, 0.3) is 0 Å². The second-order valence-electron chi connectivity index (χ2n) is 13.6. The molecule has 4 rings (SSSR count). The van der Waals surface area contributed by atoms with E-state index in [0.717, 1.165) is 33.2 Å². The van der Waals surface area contributed by atoms with E-state index in [0.29, 0.717) is 0 Å². The van der Waals surface area contributed by atoms with Crippen molar-refractivity contribution in [2.45, 2.75) is 67.5 Å². The summed E-state index contributed by atoms with van der Waals surface area (Å²) in [6.07, 6.45) is 0.0433. The smallest absolute Gasteiger partial charge is 0.418 e. The van der Waals surface area contributed by atoms with E-state index in [4.69, 9.17) is 24.1 Å². The number of ether oxygens (including phenoxy) is 1. The topological polar surface area (TPSA) is 15.7 Å². The number of hydrogen-bond acceptors (Lipinski definition) is 3. The molecule has 1 fully saturated rings. The van der Waals surface area contributed by atoms with E-state index >= 15 is 0 Å². The van der Waals surface area contributed by atoms with Gasteiger partial charge in [0, 0.05) is 0 Å². The molecule has 0 aromatic heterocycles. The third kappa shape index (κ3) is 10.6. The second-order valence-corrected chi connectivity index (χ2v) is 22.8. The third-order valence-electron chi connectivity index (χ3n) is 7.44. The van der Waals surface area contributed by atoms with Gasteiger partial charge in [0.05, 0.1) is 0 Å². The third-order valence-corrected chi connectivity index (χ3v) is 12.9. The van der Waals surface area contributed by atoms with Crippen LogP contribution in [0.1, 0.15) is 52.8 Å². The minimum absolute atomic E-state index is 0.0433. The van der Waals surface area contributed by atoms with E-state index in [2.05, 4.69) is 107 Å². The van der Waals surface area contributed by atoms with Crippen LogP contribution in [0, 0.1) is 41.5 Å². The fourth-order valence-corrected chi connectivity index (χ4v) is 12.3. The molecule has 0 saturated carbocycles. The molecule has 0 N–H and O–H groups in total. The molecule has 47 heavy (non-hydrogen) atoms. The number of likely N-dealkylation sites (N-methyl/N-ethyl adjacent to an activating group) is 1. The second kappa shape index (κ2) is 15.1. The Hall–Kier alpha value is -2.25. The Morgan fingerprint density at radius 3 is 1.74 bits per heavy atom. The zero-order valence-corrected chi connectivity index (χ0v) is 32.5. The molecule has 4 nitrogen and oxygen atoms in total. The van der Waals surface area contributed by atoms with E-state index in [9.17, 15) is 17.3 Å². The fourth-order valence-electron chi connectivity index (χ4n) is 6.37. The molecule has 0 amide bonds. The molecule has 1 saturated heterocycles. The summed E-state index contributed by atoms with van der Waals surface area (Å²) in [6.45, 7) is 19.0. The Kier molecular flexibility index (Phi) is 12.6. The van der Waals surface area contributed by atoms with E-state index in [1.54, 1.807) is 0 Å². The van der Waals surface area contributed by atoms with Crippen molar-refractivity contribution >= 4 is 47.0 Å². The van der Waals surface area contributed by atoms with E-state index < -0.39 is 19.1 Å². The summed E-state index contributed by atoms with van der Waals surface area (Å²) in [5.74, 6) is 0.809. The van der Waals surface area contributed by atoms with Crippen molar-refractivity contribution in [1.82, 2.24) is 0 Å². The number of nitrogens with zero attached hydrogens (tertiary/aromatic N) is 3. The number of rotatable bonds is 7. The number of aryl methyl sites for hydroxylation is 6. The molecule has 0 aliphatic carbocycles. The summed E-state index contributed by atoms with van der Waals surface area (Å²) in [6, 6.07) is 17.4. The van der Waals surface area contributed by atoms with Crippen LogP contribution in [0.2, 0.25) is 0 Å². The van der Waals surface area contributed by atoms with Gasteiger partial charge < -0.3 is 17.3 Å². The van der Waals surface area contributed by atoms with Crippen LogP contribution in [-0.4, -0.2) is 67.1 Å². The SMILES string of the molecule is Cc1cc(C)c(N2CC(C[N+](C)(C)C)N(c3c(C)cc(C)cc3C)[C]2=[Ru-4]([Cl])([Cl])=[CH]c2ccccc2OC(C)C)c(C)c1.F[B-](F)(F)F. The molecule has 3 aromatic carbocycles. The van der Waals surface area contributed by atoms with Crippen molar-refractivity contribution in [3.8, 4) is 5.75 Å². The number of anilines is 2. The molecule has 12 heteroatoms. The van der Waals surface area contributed by atoms with Crippen LogP contribution in [-0.2, 0) is 11.9 Å². The van der Waals surface area contributed by atoms with Gasteiger partial charge in [-0.15, -0.1) is 0 Å². The van der Waals surface area contributed by atoms with Crippen molar-refractivity contribution in [2.75, 3.05) is 44.0 Å². The number of para-hydroxylation sites is 1. The summed E-state index contributed by atoms with van der Waals surface area (Å²) in [7, 11) is 16.3. The van der Waals surface area contributed by atoms with Gasteiger partial charge in [-0.05, 0) is 0 Å². The van der Waals surface area contributed by atoms with Crippen molar-refractivity contribution < 1.29 is 38.4 Å². The predicted octanol–water partition coefficient (Wildman–Crippen LogP) is 9.43. The molecule has 0 bridgehead atoms. The molecule has 1 aliphatic rings. The Morgan fingerprint density at radius 2 is 1.30 bits per heavy atom. The first-order valence-electron chi connectivity index (χ1n) is 15.5. The van der Waals surface area contributed by atoms with Crippen molar-refractivity contribution in [2.24, 2.45) is 0 Å². The van der Waals surface area contributed by atoms with Gasteiger partial charge >= 0.3 is 273 Å². The van der Waals surface area contributed by atoms with Gasteiger partial charge in [-0.25, -0.2) is 0 Å². The molecule has 1 heterocycles. The van der Waals surface area contributed by atoms with E-state index in [1.807, 2.05) is 32.0 Å². The standard InChI is InChI=1S/C25H36N3.C10H12O.BF4.2ClH.Ru/c1-17-10-19(3)24(20(4)11-17)26-14-23(15-28(7,8)9)27(16-26)25-21(5)12-18(2)13-22(25)6;1-8(2)11-10-7-5-4-6-9(10)3;2-1(3,4)5;;;/h10-13,23H,14-15H2,1-9H3;3-8H,1-2H3;;2*1H;/q+1;;-1;;;-2/p-2. The summed E-state index contributed by atoms with van der Waals surface area (Å²) in [5.41, 5.74) is 10.8. The largest absolute Gasteiger partial charge is 0.673 e. The zero-order valence-electron chi connectivity index (χ0n) is 29.2. The Labute approximate surface area is 288 Å². The van der Waals surface area contributed by atoms with Crippen molar-refractivity contribution in [3.05, 3.63) is 87.5 Å². The van der Waals surface area contributed by atoms with Crippen LogP contribution < -0.4 is 14.5 Å². The number of quaternary nitrogens is 1. The normalized spacial score (nSPS) is 16.0. The number of halogens is 6. The summed E-state index contributed by atoms with van der Waals surface area (Å²) >= 11 is -3.76. The molecule has 0 spiro atoms. The van der Waals surface area contributed by atoms with Crippen LogP contribution in [0.5, 0.6) is 5.75 Å². The van der Waals surface area contributed by atoms with Gasteiger partial charge in [0.1, 0.15) is 0 Å². The quantitative estimate of drug-likeness (QED) is 0.135. The zero-order chi connectivity index (χ0) is 35.6. The average molecular weight is 786 g/mol.